The predicted molar refractivity (Wildman–Crippen MR) is 77.7 cm³/mol. The second-order valence-corrected chi connectivity index (χ2v) is 7.04. The molecule has 1 aromatic heterocycles. The molecular weight excluding hydrogens is 238 g/mol. The van der Waals surface area contributed by atoms with Gasteiger partial charge >= 0.3 is 5.63 Å². The summed E-state index contributed by atoms with van der Waals surface area (Å²) in [6.45, 7) is 12.4. The van der Waals surface area contributed by atoms with Crippen LogP contribution >= 0.6 is 0 Å². The summed E-state index contributed by atoms with van der Waals surface area (Å²) < 4.78 is 5.31. The van der Waals surface area contributed by atoms with Crippen LogP contribution in [0.2, 0.25) is 0 Å². The van der Waals surface area contributed by atoms with Gasteiger partial charge in [-0.25, -0.2) is 9.78 Å². The van der Waals surface area contributed by atoms with E-state index >= 15 is 0 Å². The lowest BCUT2D eigenvalue weighted by molar-refractivity contribution is 0.360. The molecule has 19 heavy (non-hydrogen) atoms. The van der Waals surface area contributed by atoms with E-state index in [-0.39, 0.29) is 16.5 Å². The van der Waals surface area contributed by atoms with Gasteiger partial charge in [0.25, 0.3) is 0 Å². The molecule has 0 saturated carbocycles. The van der Waals surface area contributed by atoms with Gasteiger partial charge in [-0.2, -0.15) is 0 Å². The van der Waals surface area contributed by atoms with Crippen molar-refractivity contribution in [2.24, 2.45) is 0 Å². The predicted octanol–water partition coefficient (Wildman–Crippen LogP) is 3.78. The lowest BCUT2D eigenvalue weighted by atomic mass is 9.86. The highest BCUT2D eigenvalue weighted by Gasteiger charge is 2.21. The monoisotopic (exact) mass is 259 g/mol. The number of nitrogens with zero attached hydrogens (tertiary/aromatic N) is 1. The third kappa shape index (κ3) is 2.70. The van der Waals surface area contributed by atoms with Crippen molar-refractivity contribution in [2.75, 3.05) is 0 Å². The third-order valence-electron chi connectivity index (χ3n) is 3.14. The maximum atomic E-state index is 12.0. The smallest absolute Gasteiger partial charge is 0.346 e. The van der Waals surface area contributed by atoms with E-state index in [0.717, 1.165) is 5.56 Å². The second-order valence-electron chi connectivity index (χ2n) is 7.04. The van der Waals surface area contributed by atoms with Crippen molar-refractivity contribution in [3.8, 4) is 0 Å². The zero-order valence-corrected chi connectivity index (χ0v) is 12.5. The van der Waals surface area contributed by atoms with Gasteiger partial charge in [-0.3, -0.25) is 0 Å². The van der Waals surface area contributed by atoms with E-state index in [1.165, 1.54) is 0 Å². The molecule has 0 saturated heterocycles. The van der Waals surface area contributed by atoms with E-state index in [4.69, 9.17) is 4.42 Å². The van der Waals surface area contributed by atoms with Crippen molar-refractivity contribution in [1.29, 1.82) is 0 Å². The lowest BCUT2D eigenvalue weighted by Crippen LogP contribution is -2.18. The summed E-state index contributed by atoms with van der Waals surface area (Å²) in [5.74, 6) is 0.482. The molecule has 102 valence electrons. The summed E-state index contributed by atoms with van der Waals surface area (Å²) in [6.07, 6.45) is 0. The first-order valence-electron chi connectivity index (χ1n) is 6.55. The van der Waals surface area contributed by atoms with Gasteiger partial charge in [0.2, 0.25) is 5.89 Å². The Morgan fingerprint density at radius 3 is 2.16 bits per heavy atom. The Morgan fingerprint density at radius 2 is 1.63 bits per heavy atom. The zero-order valence-electron chi connectivity index (χ0n) is 12.5. The topological polar surface area (TPSA) is 43.1 Å². The molecule has 0 amide bonds. The van der Waals surface area contributed by atoms with Crippen molar-refractivity contribution >= 4 is 10.9 Å². The zero-order chi connectivity index (χ0) is 14.4. The Morgan fingerprint density at radius 1 is 1.00 bits per heavy atom. The fourth-order valence-electron chi connectivity index (χ4n) is 1.86. The summed E-state index contributed by atoms with van der Waals surface area (Å²) in [4.78, 5) is 16.5. The quantitative estimate of drug-likeness (QED) is 0.723. The molecule has 1 aromatic carbocycles. The van der Waals surface area contributed by atoms with Crippen molar-refractivity contribution in [3.05, 3.63) is 40.1 Å². The van der Waals surface area contributed by atoms with Gasteiger partial charge in [0, 0.05) is 5.41 Å². The van der Waals surface area contributed by atoms with Crippen LogP contribution in [-0.4, -0.2) is 4.98 Å². The Labute approximate surface area is 113 Å². The van der Waals surface area contributed by atoms with Crippen LogP contribution in [0.15, 0.2) is 27.4 Å². The molecule has 0 aliphatic carbocycles. The highest BCUT2D eigenvalue weighted by molar-refractivity contribution is 5.78. The number of hydrogen-bond acceptors (Lipinski definition) is 3. The van der Waals surface area contributed by atoms with E-state index < -0.39 is 0 Å². The summed E-state index contributed by atoms with van der Waals surface area (Å²) in [7, 11) is 0. The molecule has 0 spiro atoms. The van der Waals surface area contributed by atoms with Crippen LogP contribution < -0.4 is 5.63 Å². The van der Waals surface area contributed by atoms with Crippen molar-refractivity contribution < 1.29 is 4.42 Å². The van der Waals surface area contributed by atoms with E-state index in [0.29, 0.717) is 16.8 Å². The Kier molecular flexibility index (Phi) is 3.04. The largest absolute Gasteiger partial charge is 0.407 e. The van der Waals surface area contributed by atoms with Gasteiger partial charge < -0.3 is 4.42 Å². The normalized spacial score (nSPS) is 12.9. The van der Waals surface area contributed by atoms with E-state index in [1.54, 1.807) is 6.07 Å². The van der Waals surface area contributed by atoms with Gasteiger partial charge in [-0.1, -0.05) is 47.6 Å². The lowest BCUT2D eigenvalue weighted by Gasteiger charge is -2.20. The maximum absolute atomic E-state index is 12.0. The molecule has 0 aliphatic heterocycles. The van der Waals surface area contributed by atoms with E-state index in [2.05, 4.69) is 25.8 Å². The first-order valence-corrected chi connectivity index (χ1v) is 6.55. The van der Waals surface area contributed by atoms with Crippen LogP contribution in [0.1, 0.15) is 53.0 Å². The van der Waals surface area contributed by atoms with Gasteiger partial charge in [-0.15, -0.1) is 0 Å². The SMILES string of the molecule is CC(C)(C)c1ccc2c(=O)oc(C(C)(C)C)nc2c1. The number of hydrogen-bond donors (Lipinski definition) is 0. The molecule has 2 rings (SSSR count). The van der Waals surface area contributed by atoms with Gasteiger partial charge in [0.15, 0.2) is 0 Å². The summed E-state index contributed by atoms with van der Waals surface area (Å²) >= 11 is 0. The number of benzene rings is 1. The molecule has 3 nitrogen and oxygen atoms in total. The average molecular weight is 259 g/mol. The van der Waals surface area contributed by atoms with Crippen molar-refractivity contribution in [1.82, 2.24) is 4.98 Å². The second kappa shape index (κ2) is 4.19. The first kappa shape index (κ1) is 13.8. The summed E-state index contributed by atoms with van der Waals surface area (Å²) in [5.41, 5.74) is 1.33. The fourth-order valence-corrected chi connectivity index (χ4v) is 1.86. The van der Waals surface area contributed by atoms with Crippen LogP contribution in [0.5, 0.6) is 0 Å². The Bertz CT molecular complexity index is 664. The van der Waals surface area contributed by atoms with E-state index in [9.17, 15) is 4.79 Å². The van der Waals surface area contributed by atoms with E-state index in [1.807, 2.05) is 32.9 Å². The van der Waals surface area contributed by atoms with Crippen LogP contribution in [0, 0.1) is 0 Å². The van der Waals surface area contributed by atoms with Crippen molar-refractivity contribution in [3.63, 3.8) is 0 Å². The van der Waals surface area contributed by atoms with Crippen LogP contribution in [0.3, 0.4) is 0 Å². The van der Waals surface area contributed by atoms with Gasteiger partial charge in [-0.05, 0) is 23.1 Å². The summed E-state index contributed by atoms with van der Waals surface area (Å²) in [6, 6.07) is 5.76. The average Bonchev–Trinajstić information content (AvgIpc) is 2.25. The van der Waals surface area contributed by atoms with Crippen molar-refractivity contribution in [2.45, 2.75) is 52.4 Å². The number of aromatic nitrogens is 1. The molecule has 2 aromatic rings. The first-order chi connectivity index (χ1) is 8.59. The Hall–Kier alpha value is -1.64. The van der Waals surface area contributed by atoms with Crippen LogP contribution in [0.25, 0.3) is 10.9 Å². The fraction of sp³-hybridized carbons (Fsp3) is 0.500. The molecule has 0 fully saturated rings. The molecule has 0 aliphatic rings. The van der Waals surface area contributed by atoms with Crippen LogP contribution in [0.4, 0.5) is 0 Å². The molecule has 0 bridgehead atoms. The molecular formula is C16H21NO2. The molecule has 1 heterocycles. The minimum Gasteiger partial charge on any atom is -0.407 e. The maximum Gasteiger partial charge on any atom is 0.346 e. The molecule has 0 unspecified atom stereocenters. The minimum atomic E-state index is -0.310. The standard InChI is InChI=1S/C16H21NO2/c1-15(2,3)10-7-8-11-12(9-10)17-14(16(4,5)6)19-13(11)18/h7-9H,1-6H3. The summed E-state index contributed by atoms with van der Waals surface area (Å²) in [5, 5.41) is 0.543. The van der Waals surface area contributed by atoms with Crippen LogP contribution in [-0.2, 0) is 10.8 Å². The highest BCUT2D eigenvalue weighted by atomic mass is 16.4. The molecule has 0 radical (unpaired) electrons. The number of rotatable bonds is 0. The van der Waals surface area contributed by atoms with Gasteiger partial charge in [0.05, 0.1) is 10.9 Å². The highest BCUT2D eigenvalue weighted by Crippen LogP contribution is 2.26. The van der Waals surface area contributed by atoms with Gasteiger partial charge in [0.1, 0.15) is 0 Å². The third-order valence-corrected chi connectivity index (χ3v) is 3.14. The number of fused-ring (bicyclic) bond motifs is 1. The molecule has 3 heteroatoms. The molecule has 0 atom stereocenters. The Balaban J connectivity index is 2.74. The minimum absolute atomic E-state index is 0.0355. The molecule has 0 N–H and O–H groups in total.